The van der Waals surface area contributed by atoms with E-state index in [1.807, 2.05) is 0 Å². The number of aromatic nitrogens is 2. The maximum atomic E-state index is 6.82. The number of para-hydroxylation sites is 2. The molecule has 0 spiro atoms. The standard InChI is InChI=1S/C54H47BN2O/c1-2-15-37-34(14-1)26-45-48-47(37)42-29-36(54-24-8-12-33(31-54)13-9-25-54)28-41-40-27-35(53-22-6-10-32(30-53)11-7-23-53)20-21-44(40)57(49(41)42)55(48)43-18-5-17-39-50(43)56(45)51-38-16-3-4-19-46(38)58-52(39)51/h1-5,14-21,26-29,32-33H,6-13,22-25,30-31H2. The van der Waals surface area contributed by atoms with Crippen LogP contribution < -0.4 is 10.9 Å². The second-order valence-electron chi connectivity index (χ2n) is 20.0. The second kappa shape index (κ2) is 10.9. The molecule has 5 heterocycles. The van der Waals surface area contributed by atoms with Gasteiger partial charge in [-0.05, 0) is 148 Å². The lowest BCUT2D eigenvalue weighted by atomic mass is 9.45. The van der Waals surface area contributed by atoms with Crippen LogP contribution in [0.4, 0.5) is 0 Å². The lowest BCUT2D eigenvalue weighted by Gasteiger charge is -2.46. The first kappa shape index (κ1) is 31.7. The number of hydrogen-bond acceptors (Lipinski definition) is 1. The minimum absolute atomic E-state index is 0.0547. The van der Waals surface area contributed by atoms with Crippen LogP contribution in [-0.4, -0.2) is 15.9 Å². The van der Waals surface area contributed by atoms with Crippen molar-refractivity contribution in [2.75, 3.05) is 0 Å². The highest BCUT2D eigenvalue weighted by Crippen LogP contribution is 2.55. The van der Waals surface area contributed by atoms with Crippen molar-refractivity contribution < 1.29 is 4.42 Å². The molecule has 4 bridgehead atoms. The molecule has 4 saturated carbocycles. The van der Waals surface area contributed by atoms with Gasteiger partial charge in [0.1, 0.15) is 11.1 Å². The SMILES string of the molecule is c1ccc2c3c4c(cc2c1)-n1c2c(cccc2c2oc5ccccc5c21)B4n1c2ccc(C45CCCC(CCC4)C5)cc2c2cc(C45CCCC(CCC4)C5)cc-3c21. The van der Waals surface area contributed by atoms with Crippen LogP contribution in [-0.2, 0) is 10.8 Å². The molecule has 2 aliphatic heterocycles. The minimum Gasteiger partial charge on any atom is -0.454 e. The van der Waals surface area contributed by atoms with Gasteiger partial charge < -0.3 is 13.5 Å². The maximum Gasteiger partial charge on any atom is 0.333 e. The third-order valence-corrected chi connectivity index (χ3v) is 17.3. The molecule has 3 nitrogen and oxygen atoms in total. The fourth-order valence-corrected chi connectivity index (χ4v) is 15.0. The first-order valence-corrected chi connectivity index (χ1v) is 22.8. The Morgan fingerprint density at radius 1 is 0.569 bits per heavy atom. The molecule has 0 saturated heterocycles. The lowest BCUT2D eigenvalue weighted by Crippen LogP contribution is -2.55. The van der Waals surface area contributed by atoms with E-state index in [2.05, 4.69) is 112 Å². The van der Waals surface area contributed by atoms with Gasteiger partial charge in [0.2, 0.25) is 0 Å². The topological polar surface area (TPSA) is 23.0 Å². The van der Waals surface area contributed by atoms with Crippen LogP contribution in [0.15, 0.2) is 108 Å². The van der Waals surface area contributed by atoms with Gasteiger partial charge in [-0.1, -0.05) is 106 Å². The summed E-state index contributed by atoms with van der Waals surface area (Å²) in [5.41, 5.74) is 18.3. The van der Waals surface area contributed by atoms with Crippen LogP contribution in [0.2, 0.25) is 0 Å². The summed E-state index contributed by atoms with van der Waals surface area (Å²) in [5.74, 6) is 1.78. The van der Waals surface area contributed by atoms with Gasteiger partial charge in [-0.2, -0.15) is 0 Å². The zero-order valence-corrected chi connectivity index (χ0v) is 33.2. The predicted octanol–water partition coefficient (Wildman–Crippen LogP) is 13.0. The predicted molar refractivity (Wildman–Crippen MR) is 242 cm³/mol. The van der Waals surface area contributed by atoms with Gasteiger partial charge in [-0.3, -0.25) is 0 Å². The van der Waals surface area contributed by atoms with E-state index in [0.717, 1.165) is 23.0 Å². The van der Waals surface area contributed by atoms with Crippen molar-refractivity contribution >= 4 is 83.3 Å². The quantitative estimate of drug-likeness (QED) is 0.161. The molecule has 0 N–H and O–H groups in total. The Labute approximate surface area is 339 Å². The fraction of sp³-hybridized carbons (Fsp3) is 0.333. The summed E-state index contributed by atoms with van der Waals surface area (Å²) in [5, 5.41) is 8.10. The summed E-state index contributed by atoms with van der Waals surface area (Å²) in [6, 6.07) is 40.9. The summed E-state index contributed by atoms with van der Waals surface area (Å²) in [6.07, 6.45) is 19.3. The van der Waals surface area contributed by atoms with E-state index in [0.29, 0.717) is 5.41 Å². The molecule has 0 amide bonds. The van der Waals surface area contributed by atoms with Crippen LogP contribution in [0.5, 0.6) is 0 Å². The van der Waals surface area contributed by atoms with Crippen LogP contribution >= 0.6 is 0 Å². The highest BCUT2D eigenvalue weighted by Gasteiger charge is 2.46. The summed E-state index contributed by atoms with van der Waals surface area (Å²) in [4.78, 5) is 0. The Morgan fingerprint density at radius 2 is 1.26 bits per heavy atom. The Kier molecular flexibility index (Phi) is 5.95. The molecule has 282 valence electrons. The zero-order chi connectivity index (χ0) is 37.5. The van der Waals surface area contributed by atoms with E-state index >= 15 is 0 Å². The van der Waals surface area contributed by atoms with Crippen LogP contribution in [0.1, 0.15) is 101 Å². The van der Waals surface area contributed by atoms with Crippen molar-refractivity contribution in [1.82, 2.24) is 9.05 Å². The molecule has 0 unspecified atom stereocenters. The monoisotopic (exact) mass is 750 g/mol. The van der Waals surface area contributed by atoms with Crippen molar-refractivity contribution in [2.24, 2.45) is 11.8 Å². The smallest absolute Gasteiger partial charge is 0.333 e. The largest absolute Gasteiger partial charge is 0.454 e. The molecule has 4 heteroatoms. The van der Waals surface area contributed by atoms with E-state index in [-0.39, 0.29) is 12.3 Å². The third kappa shape index (κ3) is 3.81. The van der Waals surface area contributed by atoms with Gasteiger partial charge in [0.05, 0.1) is 5.52 Å². The van der Waals surface area contributed by atoms with E-state index < -0.39 is 0 Å². The summed E-state index contributed by atoms with van der Waals surface area (Å²) in [7, 11) is 0. The molecule has 6 aliphatic rings. The molecular weight excluding hydrogens is 703 g/mol. The summed E-state index contributed by atoms with van der Waals surface area (Å²) >= 11 is 0. The molecule has 4 aliphatic carbocycles. The number of benzene rings is 6. The number of furan rings is 1. The average molecular weight is 751 g/mol. The molecule has 4 fully saturated rings. The van der Waals surface area contributed by atoms with Crippen molar-refractivity contribution in [3.8, 4) is 16.8 Å². The van der Waals surface area contributed by atoms with Gasteiger partial charge in [0, 0.05) is 43.8 Å². The minimum atomic E-state index is 0.0547. The molecule has 3 aromatic heterocycles. The highest BCUT2D eigenvalue weighted by molar-refractivity contribution is 6.90. The first-order chi connectivity index (χ1) is 28.7. The molecular formula is C54H47BN2O. The highest BCUT2D eigenvalue weighted by atomic mass is 16.3. The third-order valence-electron chi connectivity index (χ3n) is 17.3. The number of fused-ring (bicyclic) bond motifs is 18. The molecule has 9 aromatic rings. The number of nitrogens with zero attached hydrogens (tertiary/aromatic N) is 2. The maximum absolute atomic E-state index is 6.82. The van der Waals surface area contributed by atoms with Crippen LogP contribution in [0.3, 0.4) is 0 Å². The normalized spacial score (nSPS) is 25.8. The van der Waals surface area contributed by atoms with Gasteiger partial charge in [0.15, 0.2) is 5.58 Å². The van der Waals surface area contributed by atoms with E-state index in [9.17, 15) is 0 Å². The number of hydrogen-bond donors (Lipinski definition) is 0. The van der Waals surface area contributed by atoms with Gasteiger partial charge >= 0.3 is 6.85 Å². The lowest BCUT2D eigenvalue weighted by molar-refractivity contribution is 0.149. The second-order valence-corrected chi connectivity index (χ2v) is 20.0. The van der Waals surface area contributed by atoms with Crippen molar-refractivity contribution in [2.45, 2.75) is 101 Å². The summed E-state index contributed by atoms with van der Waals surface area (Å²) in [6.45, 7) is 0.0547. The van der Waals surface area contributed by atoms with Crippen molar-refractivity contribution in [1.29, 1.82) is 0 Å². The van der Waals surface area contributed by atoms with Gasteiger partial charge in [-0.25, -0.2) is 0 Å². The molecule has 0 radical (unpaired) electrons. The Bertz CT molecular complexity index is 3280. The van der Waals surface area contributed by atoms with E-state index in [1.54, 1.807) is 11.1 Å². The first-order valence-electron chi connectivity index (χ1n) is 22.8. The van der Waals surface area contributed by atoms with Crippen LogP contribution in [0, 0.1) is 11.8 Å². The Hall–Kier alpha value is -5.22. The zero-order valence-electron chi connectivity index (χ0n) is 33.2. The van der Waals surface area contributed by atoms with Crippen molar-refractivity contribution in [3.63, 3.8) is 0 Å². The van der Waals surface area contributed by atoms with Gasteiger partial charge in [-0.15, -0.1) is 0 Å². The van der Waals surface area contributed by atoms with Crippen LogP contribution in [0.25, 0.3) is 82.4 Å². The van der Waals surface area contributed by atoms with Gasteiger partial charge in [0.25, 0.3) is 0 Å². The molecule has 6 aromatic carbocycles. The molecule has 58 heavy (non-hydrogen) atoms. The van der Waals surface area contributed by atoms with E-state index in [4.69, 9.17) is 4.42 Å². The average Bonchev–Trinajstić information content (AvgIpc) is 3.91. The Balaban J connectivity index is 1.12. The summed E-state index contributed by atoms with van der Waals surface area (Å²) < 4.78 is 12.3. The molecule has 0 atom stereocenters. The Morgan fingerprint density at radius 3 is 2.05 bits per heavy atom. The number of rotatable bonds is 2. The van der Waals surface area contributed by atoms with Crippen molar-refractivity contribution in [3.05, 3.63) is 114 Å². The van der Waals surface area contributed by atoms with E-state index in [1.165, 1.54) is 172 Å². The molecule has 15 rings (SSSR count). The fourth-order valence-electron chi connectivity index (χ4n) is 15.0.